The lowest BCUT2D eigenvalue weighted by Gasteiger charge is -2.04. The van der Waals surface area contributed by atoms with Gasteiger partial charge in [0.2, 0.25) is 0 Å². The van der Waals surface area contributed by atoms with Gasteiger partial charge in [0.25, 0.3) is 0 Å². The molecular formula is C21H14Cl2FNS. The summed E-state index contributed by atoms with van der Waals surface area (Å²) in [5.41, 5.74) is 2.37. The molecule has 0 aromatic heterocycles. The van der Waals surface area contributed by atoms with Crippen molar-refractivity contribution in [1.29, 1.82) is 0 Å². The molecule has 0 N–H and O–H groups in total. The normalized spacial score (nSPS) is 11.9. The number of rotatable bonds is 5. The zero-order chi connectivity index (χ0) is 18.4. The Morgan fingerprint density at radius 2 is 1.58 bits per heavy atom. The second-order valence-corrected chi connectivity index (χ2v) is 7.15. The molecular weight excluding hydrogens is 388 g/mol. The Balaban J connectivity index is 1.90. The van der Waals surface area contributed by atoms with Gasteiger partial charge in [-0.15, -0.1) is 0 Å². The SMILES string of the molecule is Fc1ccc(S/C=C/C(=Nc2ccccc2Cl)c2ccc(Cl)cc2)cc1. The topological polar surface area (TPSA) is 12.4 Å². The number of para-hydroxylation sites is 1. The van der Waals surface area contributed by atoms with E-state index < -0.39 is 0 Å². The highest BCUT2D eigenvalue weighted by atomic mass is 35.5. The van der Waals surface area contributed by atoms with Gasteiger partial charge in [-0.25, -0.2) is 9.38 Å². The van der Waals surface area contributed by atoms with Gasteiger partial charge in [-0.3, -0.25) is 0 Å². The number of allylic oxidation sites excluding steroid dienone is 1. The molecule has 0 aliphatic carbocycles. The lowest BCUT2D eigenvalue weighted by atomic mass is 10.1. The Morgan fingerprint density at radius 3 is 2.27 bits per heavy atom. The maximum Gasteiger partial charge on any atom is 0.123 e. The third kappa shape index (κ3) is 5.21. The van der Waals surface area contributed by atoms with E-state index >= 15 is 0 Å². The average molecular weight is 402 g/mol. The van der Waals surface area contributed by atoms with Crippen LogP contribution in [0.1, 0.15) is 5.56 Å². The molecule has 0 aliphatic rings. The maximum absolute atomic E-state index is 13.0. The van der Waals surface area contributed by atoms with Gasteiger partial charge in [0.1, 0.15) is 5.82 Å². The second kappa shape index (κ2) is 9.04. The summed E-state index contributed by atoms with van der Waals surface area (Å²) in [7, 11) is 0. The zero-order valence-electron chi connectivity index (χ0n) is 13.6. The van der Waals surface area contributed by atoms with Gasteiger partial charge in [-0.2, -0.15) is 0 Å². The summed E-state index contributed by atoms with van der Waals surface area (Å²) in [6.07, 6.45) is 1.90. The van der Waals surface area contributed by atoms with Crippen LogP contribution in [0.5, 0.6) is 0 Å². The molecule has 3 rings (SSSR count). The molecule has 0 fully saturated rings. The van der Waals surface area contributed by atoms with Crippen LogP contribution in [0.15, 0.2) is 94.2 Å². The van der Waals surface area contributed by atoms with Crippen LogP contribution < -0.4 is 0 Å². The molecule has 0 unspecified atom stereocenters. The monoisotopic (exact) mass is 401 g/mol. The van der Waals surface area contributed by atoms with Gasteiger partial charge in [0.15, 0.2) is 0 Å². The Morgan fingerprint density at radius 1 is 0.885 bits per heavy atom. The van der Waals surface area contributed by atoms with Crippen LogP contribution in [-0.2, 0) is 0 Å². The number of hydrogen-bond donors (Lipinski definition) is 0. The minimum atomic E-state index is -0.250. The van der Waals surface area contributed by atoms with E-state index in [0.717, 1.165) is 16.2 Å². The fourth-order valence-electron chi connectivity index (χ4n) is 2.18. The molecule has 3 aromatic carbocycles. The number of hydrogen-bond acceptors (Lipinski definition) is 2. The summed E-state index contributed by atoms with van der Waals surface area (Å²) >= 11 is 13.7. The predicted octanol–water partition coefficient (Wildman–Crippen LogP) is 7.56. The first kappa shape index (κ1) is 18.7. The van der Waals surface area contributed by atoms with Crippen molar-refractivity contribution in [2.24, 2.45) is 4.99 Å². The van der Waals surface area contributed by atoms with E-state index in [4.69, 9.17) is 23.2 Å². The van der Waals surface area contributed by atoms with Crippen LogP contribution in [-0.4, -0.2) is 5.71 Å². The molecule has 26 heavy (non-hydrogen) atoms. The summed E-state index contributed by atoms with van der Waals surface area (Å²) in [5, 5.41) is 3.16. The van der Waals surface area contributed by atoms with Gasteiger partial charge < -0.3 is 0 Å². The molecule has 0 aliphatic heterocycles. The Labute approximate surface area is 166 Å². The molecule has 0 atom stereocenters. The molecule has 0 spiro atoms. The first-order valence-corrected chi connectivity index (χ1v) is 9.43. The van der Waals surface area contributed by atoms with Gasteiger partial charge in [-0.05, 0) is 60.0 Å². The van der Waals surface area contributed by atoms with Gasteiger partial charge in [0.05, 0.1) is 16.4 Å². The molecule has 0 bridgehead atoms. The summed E-state index contributed by atoms with van der Waals surface area (Å²) in [6, 6.07) is 21.2. The van der Waals surface area contributed by atoms with Crippen molar-refractivity contribution >= 4 is 46.4 Å². The highest BCUT2D eigenvalue weighted by Gasteiger charge is 2.03. The minimum Gasteiger partial charge on any atom is -0.247 e. The molecule has 5 heteroatoms. The van der Waals surface area contributed by atoms with E-state index in [1.165, 1.54) is 23.9 Å². The van der Waals surface area contributed by atoms with Crippen molar-refractivity contribution in [3.63, 3.8) is 0 Å². The highest BCUT2D eigenvalue weighted by Crippen LogP contribution is 2.26. The molecule has 0 saturated carbocycles. The van der Waals surface area contributed by atoms with E-state index in [9.17, 15) is 4.39 Å². The van der Waals surface area contributed by atoms with Crippen molar-refractivity contribution in [2.45, 2.75) is 4.90 Å². The maximum atomic E-state index is 13.0. The van der Waals surface area contributed by atoms with Crippen molar-refractivity contribution in [2.75, 3.05) is 0 Å². The molecule has 0 saturated heterocycles. The van der Waals surface area contributed by atoms with Crippen LogP contribution >= 0.6 is 35.0 Å². The van der Waals surface area contributed by atoms with E-state index in [2.05, 4.69) is 4.99 Å². The minimum absolute atomic E-state index is 0.250. The van der Waals surface area contributed by atoms with Crippen LogP contribution in [0.4, 0.5) is 10.1 Å². The second-order valence-electron chi connectivity index (χ2n) is 5.33. The number of benzene rings is 3. The Hall–Kier alpha value is -2.07. The van der Waals surface area contributed by atoms with E-state index in [0.29, 0.717) is 15.7 Å². The molecule has 3 aromatic rings. The van der Waals surface area contributed by atoms with E-state index in [1.807, 2.05) is 53.9 Å². The summed E-state index contributed by atoms with van der Waals surface area (Å²) in [5.74, 6) is -0.250. The van der Waals surface area contributed by atoms with Crippen molar-refractivity contribution in [3.05, 3.63) is 106 Å². The lowest BCUT2D eigenvalue weighted by Crippen LogP contribution is -1.96. The smallest absolute Gasteiger partial charge is 0.123 e. The molecule has 1 nitrogen and oxygen atoms in total. The first-order chi connectivity index (χ1) is 12.6. The Bertz CT molecular complexity index is 935. The molecule has 0 radical (unpaired) electrons. The van der Waals surface area contributed by atoms with E-state index in [1.54, 1.807) is 18.2 Å². The summed E-state index contributed by atoms with van der Waals surface area (Å²) in [6.45, 7) is 0. The molecule has 0 heterocycles. The third-order valence-electron chi connectivity index (χ3n) is 3.48. The van der Waals surface area contributed by atoms with Crippen molar-refractivity contribution < 1.29 is 4.39 Å². The van der Waals surface area contributed by atoms with Crippen LogP contribution in [0, 0.1) is 5.82 Å². The van der Waals surface area contributed by atoms with Gasteiger partial charge in [0, 0.05) is 15.5 Å². The fourth-order valence-corrected chi connectivity index (χ4v) is 3.13. The van der Waals surface area contributed by atoms with Crippen LogP contribution in [0.2, 0.25) is 10.0 Å². The lowest BCUT2D eigenvalue weighted by molar-refractivity contribution is 0.626. The largest absolute Gasteiger partial charge is 0.247 e. The standard InChI is InChI=1S/C21H14Cl2FNS/c22-16-7-5-15(6-8-16)20(25-21-4-2-1-3-19(21)23)13-14-26-18-11-9-17(24)10-12-18/h1-14H/b14-13+,25-20?. The number of nitrogens with zero attached hydrogens (tertiary/aromatic N) is 1. The van der Waals surface area contributed by atoms with Gasteiger partial charge in [-0.1, -0.05) is 59.2 Å². The van der Waals surface area contributed by atoms with E-state index in [-0.39, 0.29) is 5.82 Å². The quantitative estimate of drug-likeness (QED) is 0.317. The summed E-state index contributed by atoms with van der Waals surface area (Å²) in [4.78, 5) is 5.63. The number of thioether (sulfide) groups is 1. The van der Waals surface area contributed by atoms with Crippen LogP contribution in [0.25, 0.3) is 0 Å². The third-order valence-corrected chi connectivity index (χ3v) is 4.87. The number of aliphatic imine (C=N–C) groups is 1. The van der Waals surface area contributed by atoms with Gasteiger partial charge >= 0.3 is 0 Å². The van der Waals surface area contributed by atoms with Crippen molar-refractivity contribution in [1.82, 2.24) is 0 Å². The van der Waals surface area contributed by atoms with Crippen LogP contribution in [0.3, 0.4) is 0 Å². The molecule has 130 valence electrons. The highest BCUT2D eigenvalue weighted by molar-refractivity contribution is 8.02. The fraction of sp³-hybridized carbons (Fsp3) is 0. The Kier molecular flexibility index (Phi) is 6.51. The first-order valence-electron chi connectivity index (χ1n) is 7.80. The molecule has 0 amide bonds. The summed E-state index contributed by atoms with van der Waals surface area (Å²) < 4.78 is 13.0. The van der Waals surface area contributed by atoms with Crippen molar-refractivity contribution in [3.8, 4) is 0 Å². The zero-order valence-corrected chi connectivity index (χ0v) is 15.9. The predicted molar refractivity (Wildman–Crippen MR) is 110 cm³/mol. The number of halogens is 3. The average Bonchev–Trinajstić information content (AvgIpc) is 2.65.